The van der Waals surface area contributed by atoms with Gasteiger partial charge in [0.1, 0.15) is 11.6 Å². The van der Waals surface area contributed by atoms with Gasteiger partial charge in [0.25, 0.3) is 0 Å². The minimum absolute atomic E-state index is 0.120. The molecule has 0 amide bonds. The maximum Gasteiger partial charge on any atom is 0.336 e. The molecule has 1 N–H and O–H groups in total. The SMILES string of the molecule is CN(C)CCSc1ccc(-c2ccc(F)cc2F)cc1C(=O)O. The van der Waals surface area contributed by atoms with Crippen molar-refractivity contribution < 1.29 is 18.7 Å². The van der Waals surface area contributed by atoms with Crippen molar-refractivity contribution in [2.75, 3.05) is 26.4 Å². The molecule has 0 saturated heterocycles. The Morgan fingerprint density at radius 3 is 2.52 bits per heavy atom. The second-order valence-corrected chi connectivity index (χ2v) is 6.43. The molecule has 122 valence electrons. The van der Waals surface area contributed by atoms with E-state index in [0.29, 0.717) is 10.5 Å². The lowest BCUT2D eigenvalue weighted by Crippen LogP contribution is -2.15. The molecule has 0 radical (unpaired) electrons. The average molecular weight is 337 g/mol. The van der Waals surface area contributed by atoms with Gasteiger partial charge in [-0.1, -0.05) is 6.07 Å². The zero-order valence-corrected chi connectivity index (χ0v) is 13.7. The highest BCUT2D eigenvalue weighted by Gasteiger charge is 2.14. The first-order chi connectivity index (χ1) is 10.9. The number of rotatable bonds is 6. The third kappa shape index (κ3) is 4.53. The predicted molar refractivity (Wildman–Crippen MR) is 88.0 cm³/mol. The number of benzene rings is 2. The highest BCUT2D eigenvalue weighted by Crippen LogP contribution is 2.30. The molecule has 0 aliphatic carbocycles. The summed E-state index contributed by atoms with van der Waals surface area (Å²) in [5.74, 6) is -1.70. The van der Waals surface area contributed by atoms with E-state index < -0.39 is 17.6 Å². The van der Waals surface area contributed by atoms with E-state index in [1.807, 2.05) is 19.0 Å². The number of aromatic carboxylic acids is 1. The summed E-state index contributed by atoms with van der Waals surface area (Å²) in [6.07, 6.45) is 0. The van der Waals surface area contributed by atoms with Gasteiger partial charge in [0.15, 0.2) is 0 Å². The summed E-state index contributed by atoms with van der Waals surface area (Å²) in [7, 11) is 3.89. The number of halogens is 2. The van der Waals surface area contributed by atoms with Gasteiger partial charge in [0, 0.05) is 28.8 Å². The monoisotopic (exact) mass is 337 g/mol. The molecule has 23 heavy (non-hydrogen) atoms. The van der Waals surface area contributed by atoms with Gasteiger partial charge in [0.05, 0.1) is 5.56 Å². The van der Waals surface area contributed by atoms with E-state index in [2.05, 4.69) is 0 Å². The summed E-state index contributed by atoms with van der Waals surface area (Å²) >= 11 is 1.44. The minimum Gasteiger partial charge on any atom is -0.478 e. The molecule has 0 saturated carbocycles. The number of hydrogen-bond acceptors (Lipinski definition) is 3. The van der Waals surface area contributed by atoms with Crippen LogP contribution in [0.4, 0.5) is 8.78 Å². The normalized spacial score (nSPS) is 11.0. The highest BCUT2D eigenvalue weighted by atomic mass is 32.2. The van der Waals surface area contributed by atoms with Crippen LogP contribution in [0.5, 0.6) is 0 Å². The lowest BCUT2D eigenvalue weighted by atomic mass is 10.0. The first-order valence-corrected chi connectivity index (χ1v) is 7.97. The summed E-state index contributed by atoms with van der Waals surface area (Å²) in [5, 5.41) is 9.38. The molecule has 0 bridgehead atoms. The first kappa shape index (κ1) is 17.4. The molecular formula is C17H17F2NO2S. The van der Waals surface area contributed by atoms with E-state index >= 15 is 0 Å². The second-order valence-electron chi connectivity index (χ2n) is 5.29. The van der Waals surface area contributed by atoms with Crippen LogP contribution in [0.3, 0.4) is 0 Å². The Labute approximate surface area is 137 Å². The highest BCUT2D eigenvalue weighted by molar-refractivity contribution is 7.99. The third-order valence-electron chi connectivity index (χ3n) is 3.25. The fraction of sp³-hybridized carbons (Fsp3) is 0.235. The number of thioether (sulfide) groups is 1. The average Bonchev–Trinajstić information content (AvgIpc) is 2.47. The molecular weight excluding hydrogens is 320 g/mol. The molecule has 3 nitrogen and oxygen atoms in total. The Hall–Kier alpha value is -1.92. The zero-order valence-electron chi connectivity index (χ0n) is 12.8. The Bertz CT molecular complexity index is 720. The summed E-state index contributed by atoms with van der Waals surface area (Å²) in [6, 6.07) is 8.00. The molecule has 0 aromatic heterocycles. The zero-order chi connectivity index (χ0) is 17.0. The fourth-order valence-corrected chi connectivity index (χ4v) is 3.19. The molecule has 2 aromatic rings. The molecule has 2 aromatic carbocycles. The van der Waals surface area contributed by atoms with E-state index in [9.17, 15) is 18.7 Å². The number of carboxylic acids is 1. The lowest BCUT2D eigenvalue weighted by Gasteiger charge is -2.12. The smallest absolute Gasteiger partial charge is 0.336 e. The number of carbonyl (C=O) groups is 1. The van der Waals surface area contributed by atoms with Gasteiger partial charge >= 0.3 is 5.97 Å². The molecule has 0 spiro atoms. The predicted octanol–water partition coefficient (Wildman–Crippen LogP) is 3.98. The van der Waals surface area contributed by atoms with Crippen LogP contribution < -0.4 is 0 Å². The molecule has 0 atom stereocenters. The van der Waals surface area contributed by atoms with Crippen molar-refractivity contribution in [2.45, 2.75) is 4.90 Å². The topological polar surface area (TPSA) is 40.5 Å². The maximum absolute atomic E-state index is 13.9. The summed E-state index contributed by atoms with van der Waals surface area (Å²) < 4.78 is 26.9. The van der Waals surface area contributed by atoms with Gasteiger partial charge in [-0.15, -0.1) is 11.8 Å². The summed E-state index contributed by atoms with van der Waals surface area (Å²) in [6.45, 7) is 0.818. The van der Waals surface area contributed by atoms with Crippen LogP contribution in [0.25, 0.3) is 11.1 Å². The number of carboxylic acid groups (broad SMARTS) is 1. The quantitative estimate of drug-likeness (QED) is 0.810. The standard InChI is InChI=1S/C17H17F2NO2S/c1-20(2)7-8-23-16-6-3-11(9-14(16)17(21)22)13-5-4-12(18)10-15(13)19/h3-6,9-10H,7-8H2,1-2H3,(H,21,22). The van der Waals surface area contributed by atoms with Gasteiger partial charge in [-0.05, 0) is 43.9 Å². The Morgan fingerprint density at radius 2 is 1.91 bits per heavy atom. The third-order valence-corrected chi connectivity index (χ3v) is 4.30. The Balaban J connectivity index is 2.33. The van der Waals surface area contributed by atoms with Crippen molar-refractivity contribution in [2.24, 2.45) is 0 Å². The van der Waals surface area contributed by atoms with Gasteiger partial charge in [-0.25, -0.2) is 13.6 Å². The van der Waals surface area contributed by atoms with Crippen molar-refractivity contribution in [1.29, 1.82) is 0 Å². The van der Waals surface area contributed by atoms with Crippen LogP contribution in [-0.4, -0.2) is 42.4 Å². The van der Waals surface area contributed by atoms with Crippen molar-refractivity contribution in [3.05, 3.63) is 53.6 Å². The van der Waals surface area contributed by atoms with Crippen LogP contribution in [-0.2, 0) is 0 Å². The molecule has 6 heteroatoms. The van der Waals surface area contributed by atoms with E-state index in [-0.39, 0.29) is 11.1 Å². The van der Waals surface area contributed by atoms with E-state index in [1.54, 1.807) is 12.1 Å². The van der Waals surface area contributed by atoms with Crippen molar-refractivity contribution in [1.82, 2.24) is 4.90 Å². The van der Waals surface area contributed by atoms with Gasteiger partial charge in [-0.2, -0.15) is 0 Å². The lowest BCUT2D eigenvalue weighted by molar-refractivity contribution is 0.0693. The van der Waals surface area contributed by atoms with Gasteiger partial charge < -0.3 is 10.0 Å². The van der Waals surface area contributed by atoms with Crippen LogP contribution in [0.2, 0.25) is 0 Å². The molecule has 0 aliphatic rings. The molecule has 0 aliphatic heterocycles. The molecule has 0 fully saturated rings. The van der Waals surface area contributed by atoms with Crippen LogP contribution in [0.1, 0.15) is 10.4 Å². The fourth-order valence-electron chi connectivity index (χ4n) is 2.05. The largest absolute Gasteiger partial charge is 0.478 e. The van der Waals surface area contributed by atoms with Crippen LogP contribution in [0, 0.1) is 11.6 Å². The Kier molecular flexibility index (Phi) is 5.74. The summed E-state index contributed by atoms with van der Waals surface area (Å²) in [4.78, 5) is 14.1. The maximum atomic E-state index is 13.9. The van der Waals surface area contributed by atoms with Crippen LogP contribution >= 0.6 is 11.8 Å². The number of nitrogens with zero attached hydrogens (tertiary/aromatic N) is 1. The van der Waals surface area contributed by atoms with Crippen LogP contribution in [0.15, 0.2) is 41.3 Å². The van der Waals surface area contributed by atoms with Crippen molar-refractivity contribution >= 4 is 17.7 Å². The van der Waals surface area contributed by atoms with E-state index in [4.69, 9.17) is 0 Å². The molecule has 0 heterocycles. The van der Waals surface area contributed by atoms with Crippen molar-refractivity contribution in [3.63, 3.8) is 0 Å². The van der Waals surface area contributed by atoms with Crippen molar-refractivity contribution in [3.8, 4) is 11.1 Å². The second kappa shape index (κ2) is 7.57. The summed E-state index contributed by atoms with van der Waals surface area (Å²) in [5.41, 5.74) is 0.714. The first-order valence-electron chi connectivity index (χ1n) is 6.99. The Morgan fingerprint density at radius 1 is 1.17 bits per heavy atom. The molecule has 2 rings (SSSR count). The van der Waals surface area contributed by atoms with Gasteiger partial charge in [0.2, 0.25) is 0 Å². The van der Waals surface area contributed by atoms with Gasteiger partial charge in [-0.3, -0.25) is 0 Å². The number of hydrogen-bond donors (Lipinski definition) is 1. The van der Waals surface area contributed by atoms with E-state index in [0.717, 1.165) is 24.4 Å². The molecule has 0 unspecified atom stereocenters. The van der Waals surface area contributed by atoms with E-state index in [1.165, 1.54) is 23.9 Å². The minimum atomic E-state index is -1.07.